The quantitative estimate of drug-likeness (QED) is 0.790. The predicted octanol–water partition coefficient (Wildman–Crippen LogP) is 2.82. The average Bonchev–Trinajstić information content (AvgIpc) is 3.31. The molecule has 0 spiro atoms. The van der Waals surface area contributed by atoms with Crippen LogP contribution in [0.1, 0.15) is 34.6 Å². The first-order valence-corrected chi connectivity index (χ1v) is 8.08. The maximum atomic E-state index is 12.7. The number of hydrogen-bond donors (Lipinski definition) is 1. The zero-order valence-electron chi connectivity index (χ0n) is 12.4. The molecule has 1 N–H and O–H groups in total. The standard InChI is InChI=1S/C16H16IN3O2/c1-10-8-13(22-2)11(9-12(10)17)14(21)20-16(4-5-16)15-18-6-3-7-19-15/h3,6-9H,4-5H2,1-2H3,(H,20,21). The molecule has 5 nitrogen and oxygen atoms in total. The molecule has 1 amide bonds. The fourth-order valence-electron chi connectivity index (χ4n) is 2.36. The van der Waals surface area contributed by atoms with Crippen LogP contribution in [0, 0.1) is 10.5 Å². The summed E-state index contributed by atoms with van der Waals surface area (Å²) < 4.78 is 6.38. The molecule has 0 saturated heterocycles. The van der Waals surface area contributed by atoms with E-state index in [-0.39, 0.29) is 5.91 Å². The molecule has 0 atom stereocenters. The molecule has 0 radical (unpaired) electrons. The van der Waals surface area contributed by atoms with Gasteiger partial charge in [-0.1, -0.05) is 0 Å². The van der Waals surface area contributed by atoms with Gasteiger partial charge >= 0.3 is 0 Å². The van der Waals surface area contributed by atoms with Crippen LogP contribution < -0.4 is 10.1 Å². The number of methoxy groups -OCH3 is 1. The van der Waals surface area contributed by atoms with E-state index in [1.807, 2.05) is 19.1 Å². The van der Waals surface area contributed by atoms with Crippen molar-refractivity contribution < 1.29 is 9.53 Å². The SMILES string of the molecule is COc1cc(C)c(I)cc1C(=O)NC1(c2ncccn2)CC1. The van der Waals surface area contributed by atoms with Gasteiger partial charge in [0.05, 0.1) is 12.7 Å². The summed E-state index contributed by atoms with van der Waals surface area (Å²) in [6.45, 7) is 1.99. The van der Waals surface area contributed by atoms with Crippen LogP contribution in [0.3, 0.4) is 0 Å². The van der Waals surface area contributed by atoms with Gasteiger partial charge in [-0.05, 0) is 66.1 Å². The highest BCUT2D eigenvalue weighted by molar-refractivity contribution is 14.1. The minimum atomic E-state index is -0.431. The Morgan fingerprint density at radius 3 is 2.59 bits per heavy atom. The average molecular weight is 409 g/mol. The van der Waals surface area contributed by atoms with Crippen LogP contribution in [0.4, 0.5) is 0 Å². The Balaban J connectivity index is 1.88. The van der Waals surface area contributed by atoms with Crippen LogP contribution in [0.2, 0.25) is 0 Å². The molecule has 1 aromatic carbocycles. The summed E-state index contributed by atoms with van der Waals surface area (Å²) in [5, 5.41) is 3.07. The number of carbonyl (C=O) groups is 1. The van der Waals surface area contributed by atoms with Crippen LogP contribution in [0.15, 0.2) is 30.6 Å². The second-order valence-corrected chi connectivity index (χ2v) is 6.57. The van der Waals surface area contributed by atoms with Gasteiger partial charge in [0.15, 0.2) is 5.82 Å². The van der Waals surface area contributed by atoms with Crippen LogP contribution >= 0.6 is 22.6 Å². The Morgan fingerprint density at radius 2 is 2.00 bits per heavy atom. The van der Waals surface area contributed by atoms with E-state index in [2.05, 4.69) is 37.9 Å². The van der Waals surface area contributed by atoms with E-state index in [1.54, 1.807) is 25.6 Å². The Labute approximate surface area is 142 Å². The van der Waals surface area contributed by atoms with Crippen molar-refractivity contribution in [1.29, 1.82) is 0 Å². The molecule has 1 aliphatic carbocycles. The molecule has 1 aliphatic rings. The zero-order chi connectivity index (χ0) is 15.7. The van der Waals surface area contributed by atoms with Crippen LogP contribution in [-0.4, -0.2) is 23.0 Å². The van der Waals surface area contributed by atoms with Crippen molar-refractivity contribution in [1.82, 2.24) is 15.3 Å². The molecule has 2 aromatic rings. The van der Waals surface area contributed by atoms with Crippen molar-refractivity contribution in [3.63, 3.8) is 0 Å². The van der Waals surface area contributed by atoms with Crippen molar-refractivity contribution in [2.24, 2.45) is 0 Å². The monoisotopic (exact) mass is 409 g/mol. The first-order valence-electron chi connectivity index (χ1n) is 7.00. The number of benzene rings is 1. The van der Waals surface area contributed by atoms with Crippen molar-refractivity contribution in [2.45, 2.75) is 25.3 Å². The first kappa shape index (κ1) is 15.2. The lowest BCUT2D eigenvalue weighted by molar-refractivity contribution is 0.0925. The van der Waals surface area contributed by atoms with Crippen LogP contribution in [0.5, 0.6) is 5.75 Å². The molecule has 1 fully saturated rings. The summed E-state index contributed by atoms with van der Waals surface area (Å²) in [6, 6.07) is 5.51. The molecule has 1 saturated carbocycles. The second kappa shape index (κ2) is 5.83. The van der Waals surface area contributed by atoms with E-state index in [0.717, 1.165) is 22.0 Å². The molecule has 3 rings (SSSR count). The summed E-state index contributed by atoms with van der Waals surface area (Å²) in [6.07, 6.45) is 5.11. The van der Waals surface area contributed by atoms with Gasteiger partial charge in [-0.3, -0.25) is 4.79 Å². The molecule has 1 aromatic heterocycles. The van der Waals surface area contributed by atoms with Gasteiger partial charge in [-0.25, -0.2) is 9.97 Å². The zero-order valence-corrected chi connectivity index (χ0v) is 14.5. The summed E-state index contributed by atoms with van der Waals surface area (Å²) in [4.78, 5) is 21.2. The lowest BCUT2D eigenvalue weighted by Crippen LogP contribution is -2.36. The molecular weight excluding hydrogens is 393 g/mol. The van der Waals surface area contributed by atoms with E-state index >= 15 is 0 Å². The maximum absolute atomic E-state index is 12.7. The smallest absolute Gasteiger partial charge is 0.255 e. The Bertz CT molecular complexity index is 715. The lowest BCUT2D eigenvalue weighted by Gasteiger charge is -2.17. The van der Waals surface area contributed by atoms with Gasteiger partial charge in [0, 0.05) is 16.0 Å². The van der Waals surface area contributed by atoms with Crippen molar-refractivity contribution in [3.8, 4) is 5.75 Å². The van der Waals surface area contributed by atoms with Crippen molar-refractivity contribution in [3.05, 3.63) is 51.1 Å². The molecule has 0 unspecified atom stereocenters. The minimum absolute atomic E-state index is 0.153. The number of halogens is 1. The molecule has 0 bridgehead atoms. The number of ether oxygens (including phenoxy) is 1. The lowest BCUT2D eigenvalue weighted by atomic mass is 10.1. The molecule has 0 aliphatic heterocycles. The molecule has 114 valence electrons. The molecular formula is C16H16IN3O2. The largest absolute Gasteiger partial charge is 0.496 e. The fraction of sp³-hybridized carbons (Fsp3) is 0.312. The fourth-order valence-corrected chi connectivity index (χ4v) is 2.83. The second-order valence-electron chi connectivity index (χ2n) is 5.41. The number of carbonyl (C=O) groups excluding carboxylic acids is 1. The van der Waals surface area contributed by atoms with Gasteiger partial charge in [0.1, 0.15) is 11.3 Å². The Morgan fingerprint density at radius 1 is 1.32 bits per heavy atom. The highest BCUT2D eigenvalue weighted by atomic mass is 127. The van der Waals surface area contributed by atoms with Gasteiger partial charge in [-0.2, -0.15) is 0 Å². The molecule has 22 heavy (non-hydrogen) atoms. The summed E-state index contributed by atoms with van der Waals surface area (Å²) >= 11 is 2.22. The topological polar surface area (TPSA) is 64.1 Å². The van der Waals surface area contributed by atoms with Gasteiger partial charge in [0.25, 0.3) is 5.91 Å². The maximum Gasteiger partial charge on any atom is 0.255 e. The Kier molecular flexibility index (Phi) is 4.03. The van der Waals surface area contributed by atoms with Crippen molar-refractivity contribution in [2.75, 3.05) is 7.11 Å². The number of aryl methyl sites for hydroxylation is 1. The van der Waals surface area contributed by atoms with Gasteiger partial charge < -0.3 is 10.1 Å². The number of rotatable bonds is 4. The number of aromatic nitrogens is 2. The third-order valence-electron chi connectivity index (χ3n) is 3.82. The summed E-state index contributed by atoms with van der Waals surface area (Å²) in [5.74, 6) is 1.10. The van der Waals surface area contributed by atoms with E-state index in [0.29, 0.717) is 17.1 Å². The van der Waals surface area contributed by atoms with Gasteiger partial charge in [-0.15, -0.1) is 0 Å². The highest BCUT2D eigenvalue weighted by Gasteiger charge is 2.48. The Hall–Kier alpha value is -1.70. The highest BCUT2D eigenvalue weighted by Crippen LogP contribution is 2.44. The van der Waals surface area contributed by atoms with E-state index in [1.165, 1.54) is 0 Å². The summed E-state index contributed by atoms with van der Waals surface area (Å²) in [5.41, 5.74) is 1.20. The number of hydrogen-bond acceptors (Lipinski definition) is 4. The van der Waals surface area contributed by atoms with Crippen LogP contribution in [0.25, 0.3) is 0 Å². The van der Waals surface area contributed by atoms with Crippen molar-refractivity contribution >= 4 is 28.5 Å². The van der Waals surface area contributed by atoms with E-state index in [9.17, 15) is 4.79 Å². The third kappa shape index (κ3) is 2.79. The van der Waals surface area contributed by atoms with E-state index < -0.39 is 5.54 Å². The van der Waals surface area contributed by atoms with Gasteiger partial charge in [0.2, 0.25) is 0 Å². The number of amides is 1. The molecule has 1 heterocycles. The first-order chi connectivity index (χ1) is 10.6. The third-order valence-corrected chi connectivity index (χ3v) is 4.98. The van der Waals surface area contributed by atoms with E-state index in [4.69, 9.17) is 4.74 Å². The number of nitrogens with zero attached hydrogens (tertiary/aromatic N) is 2. The van der Waals surface area contributed by atoms with Crippen LogP contribution in [-0.2, 0) is 5.54 Å². The minimum Gasteiger partial charge on any atom is -0.496 e. The predicted molar refractivity (Wildman–Crippen MR) is 90.9 cm³/mol. The normalized spacial score (nSPS) is 15.2. The number of nitrogens with one attached hydrogen (secondary N) is 1. The molecule has 6 heteroatoms. The summed E-state index contributed by atoms with van der Waals surface area (Å²) in [7, 11) is 1.58.